The van der Waals surface area contributed by atoms with E-state index in [4.69, 9.17) is 5.84 Å². The van der Waals surface area contributed by atoms with Gasteiger partial charge in [0.1, 0.15) is 15.5 Å². The van der Waals surface area contributed by atoms with Crippen LogP contribution in [0.4, 0.5) is 11.4 Å². The molecular weight excluding hydrogens is 288 g/mol. The first-order chi connectivity index (χ1) is 9.24. The number of sulfone groups is 1. The number of carbonyl (C=O) groups excluding carboxylic acids is 1. The lowest BCUT2D eigenvalue weighted by atomic mass is 10.1. The Morgan fingerprint density at radius 3 is 2.60 bits per heavy atom. The second kappa shape index (κ2) is 6.30. The third-order valence-corrected chi connectivity index (χ3v) is 3.32. The van der Waals surface area contributed by atoms with Gasteiger partial charge in [0.25, 0.3) is 11.6 Å². The smallest absolute Gasteiger partial charge is 0.294 e. The molecule has 0 heterocycles. The number of nitrogens with zero attached hydrogens (tertiary/aromatic N) is 1. The van der Waals surface area contributed by atoms with Crippen LogP contribution in [0.15, 0.2) is 18.2 Å². The molecule has 0 saturated carbocycles. The molecule has 1 aromatic rings. The summed E-state index contributed by atoms with van der Waals surface area (Å²) in [5.74, 6) is 4.32. The van der Waals surface area contributed by atoms with E-state index in [1.165, 1.54) is 12.1 Å². The van der Waals surface area contributed by atoms with Gasteiger partial charge in [-0.1, -0.05) is 0 Å². The number of carbonyl (C=O) groups is 1. The normalized spacial score (nSPS) is 10.9. The molecule has 20 heavy (non-hydrogen) atoms. The van der Waals surface area contributed by atoms with Gasteiger partial charge in [0.2, 0.25) is 0 Å². The van der Waals surface area contributed by atoms with E-state index in [1.807, 2.05) is 0 Å². The van der Waals surface area contributed by atoms with E-state index < -0.39 is 20.7 Å². The number of anilines is 1. The number of benzene rings is 1. The highest BCUT2D eigenvalue weighted by Gasteiger charge is 2.17. The fraction of sp³-hybridized carbons (Fsp3) is 0.300. The van der Waals surface area contributed by atoms with E-state index in [1.54, 1.807) is 0 Å². The van der Waals surface area contributed by atoms with E-state index in [2.05, 4.69) is 10.7 Å². The van der Waals surface area contributed by atoms with Crippen LogP contribution in [0.2, 0.25) is 0 Å². The minimum absolute atomic E-state index is 0.0456. The largest absolute Gasteiger partial charge is 0.351 e. The first-order valence-electron chi connectivity index (χ1n) is 5.45. The summed E-state index contributed by atoms with van der Waals surface area (Å²) in [4.78, 5) is 21.8. The minimum Gasteiger partial charge on any atom is -0.351 e. The summed E-state index contributed by atoms with van der Waals surface area (Å²) in [6.07, 6.45) is 1.05. The Kier molecular flexibility index (Phi) is 5.00. The van der Waals surface area contributed by atoms with Crippen molar-refractivity contribution in [2.45, 2.75) is 0 Å². The predicted molar refractivity (Wildman–Crippen MR) is 73.0 cm³/mol. The molecule has 110 valence electrons. The number of nitrogen functional groups attached to an aromatic ring is 1. The molecule has 0 aliphatic carbocycles. The van der Waals surface area contributed by atoms with E-state index in [-0.39, 0.29) is 29.2 Å². The zero-order chi connectivity index (χ0) is 15.3. The summed E-state index contributed by atoms with van der Waals surface area (Å²) >= 11 is 0. The number of amides is 1. The van der Waals surface area contributed by atoms with Gasteiger partial charge in [-0.05, 0) is 12.1 Å². The minimum atomic E-state index is -3.18. The third-order valence-electron chi connectivity index (χ3n) is 2.37. The van der Waals surface area contributed by atoms with Crippen LogP contribution >= 0.6 is 0 Å². The summed E-state index contributed by atoms with van der Waals surface area (Å²) in [5, 5.41) is 13.2. The van der Waals surface area contributed by atoms with Gasteiger partial charge in [0.05, 0.1) is 10.7 Å². The zero-order valence-corrected chi connectivity index (χ0v) is 11.4. The van der Waals surface area contributed by atoms with E-state index in [0.717, 1.165) is 12.3 Å². The summed E-state index contributed by atoms with van der Waals surface area (Å²) in [5.41, 5.74) is 1.93. The Labute approximate surface area is 115 Å². The predicted octanol–water partition coefficient (Wildman–Crippen LogP) is -0.345. The second-order valence-electron chi connectivity index (χ2n) is 4.02. The highest BCUT2D eigenvalue weighted by molar-refractivity contribution is 7.90. The molecule has 0 bridgehead atoms. The Balaban J connectivity index is 2.84. The average Bonchev–Trinajstić information content (AvgIpc) is 2.36. The lowest BCUT2D eigenvalue weighted by Crippen LogP contribution is -2.28. The number of rotatable bonds is 6. The summed E-state index contributed by atoms with van der Waals surface area (Å²) in [6.45, 7) is -0.0671. The quantitative estimate of drug-likeness (QED) is 0.370. The average molecular weight is 302 g/mol. The molecule has 0 unspecified atom stereocenters. The molecule has 10 heteroatoms. The van der Waals surface area contributed by atoms with Gasteiger partial charge in [-0.3, -0.25) is 20.8 Å². The molecule has 9 nitrogen and oxygen atoms in total. The molecule has 0 aromatic heterocycles. The molecular formula is C10H14N4O5S. The molecule has 0 aliphatic rings. The standard InChI is InChI=1S/C10H14N4O5S/c1-20(18,19)5-4-12-10(15)7-2-3-8(13-11)9(6-7)14(16)17/h2-3,6,13H,4-5,11H2,1H3,(H,12,15). The summed E-state index contributed by atoms with van der Waals surface area (Å²) < 4.78 is 21.8. The van der Waals surface area contributed by atoms with Crippen LogP contribution in [0.3, 0.4) is 0 Å². The Bertz CT molecular complexity index is 629. The van der Waals surface area contributed by atoms with Gasteiger partial charge in [0, 0.05) is 24.4 Å². The van der Waals surface area contributed by atoms with Crippen molar-refractivity contribution in [3.63, 3.8) is 0 Å². The van der Waals surface area contributed by atoms with Crippen molar-refractivity contribution in [2.75, 3.05) is 24.0 Å². The number of hydrazine groups is 1. The number of hydrogen-bond acceptors (Lipinski definition) is 7. The SMILES string of the molecule is CS(=O)(=O)CCNC(=O)c1ccc(NN)c([N+](=O)[O-])c1. The number of nitro benzene ring substituents is 1. The lowest BCUT2D eigenvalue weighted by Gasteiger charge is -2.06. The van der Waals surface area contributed by atoms with Crippen molar-refractivity contribution in [3.05, 3.63) is 33.9 Å². The number of nitrogens with two attached hydrogens (primary N) is 1. The maximum absolute atomic E-state index is 11.7. The van der Waals surface area contributed by atoms with Crippen LogP contribution in [0.25, 0.3) is 0 Å². The molecule has 4 N–H and O–H groups in total. The highest BCUT2D eigenvalue weighted by Crippen LogP contribution is 2.24. The van der Waals surface area contributed by atoms with Gasteiger partial charge in [-0.25, -0.2) is 8.42 Å². The molecule has 1 aromatic carbocycles. The number of nitrogens with one attached hydrogen (secondary N) is 2. The van der Waals surface area contributed by atoms with Crippen molar-refractivity contribution in [3.8, 4) is 0 Å². The van der Waals surface area contributed by atoms with Gasteiger partial charge in [-0.15, -0.1) is 0 Å². The van der Waals surface area contributed by atoms with E-state index in [9.17, 15) is 23.3 Å². The molecule has 0 radical (unpaired) electrons. The Morgan fingerprint density at radius 1 is 1.45 bits per heavy atom. The topological polar surface area (TPSA) is 144 Å². The van der Waals surface area contributed by atoms with Crippen molar-refractivity contribution < 1.29 is 18.1 Å². The molecule has 0 atom stereocenters. The van der Waals surface area contributed by atoms with Gasteiger partial charge >= 0.3 is 0 Å². The van der Waals surface area contributed by atoms with E-state index >= 15 is 0 Å². The van der Waals surface area contributed by atoms with Gasteiger partial charge in [0.15, 0.2) is 0 Å². The molecule has 0 spiro atoms. The Hall–Kier alpha value is -2.20. The third kappa shape index (κ3) is 4.48. The maximum atomic E-state index is 11.7. The monoisotopic (exact) mass is 302 g/mol. The Morgan fingerprint density at radius 2 is 2.10 bits per heavy atom. The van der Waals surface area contributed by atoms with Gasteiger partial charge in [-0.2, -0.15) is 0 Å². The van der Waals surface area contributed by atoms with E-state index in [0.29, 0.717) is 0 Å². The van der Waals surface area contributed by atoms with Crippen molar-refractivity contribution in [2.24, 2.45) is 5.84 Å². The summed E-state index contributed by atoms with van der Waals surface area (Å²) in [7, 11) is -3.18. The summed E-state index contributed by atoms with van der Waals surface area (Å²) in [6, 6.07) is 3.70. The molecule has 1 amide bonds. The van der Waals surface area contributed by atoms with Crippen molar-refractivity contribution in [1.82, 2.24) is 5.32 Å². The van der Waals surface area contributed by atoms with Crippen molar-refractivity contribution >= 4 is 27.1 Å². The van der Waals surface area contributed by atoms with Crippen LogP contribution in [-0.2, 0) is 9.84 Å². The fourth-order valence-electron chi connectivity index (χ4n) is 1.40. The van der Waals surface area contributed by atoms with Crippen molar-refractivity contribution in [1.29, 1.82) is 0 Å². The molecule has 0 aliphatic heterocycles. The first-order valence-corrected chi connectivity index (χ1v) is 7.51. The number of nitro groups is 1. The zero-order valence-electron chi connectivity index (χ0n) is 10.6. The van der Waals surface area contributed by atoms with Crippen LogP contribution in [0.5, 0.6) is 0 Å². The molecule has 0 fully saturated rings. The maximum Gasteiger partial charge on any atom is 0.294 e. The number of hydrogen-bond donors (Lipinski definition) is 3. The van der Waals surface area contributed by atoms with Crippen LogP contribution in [-0.4, -0.2) is 37.8 Å². The molecule has 1 rings (SSSR count). The van der Waals surface area contributed by atoms with Crippen LogP contribution in [0.1, 0.15) is 10.4 Å². The van der Waals surface area contributed by atoms with Gasteiger partial charge < -0.3 is 10.7 Å². The first kappa shape index (κ1) is 15.9. The van der Waals surface area contributed by atoms with Crippen LogP contribution in [0, 0.1) is 10.1 Å². The second-order valence-corrected chi connectivity index (χ2v) is 6.28. The molecule has 0 saturated heterocycles. The van der Waals surface area contributed by atoms with Crippen LogP contribution < -0.4 is 16.6 Å². The lowest BCUT2D eigenvalue weighted by molar-refractivity contribution is -0.384. The highest BCUT2D eigenvalue weighted by atomic mass is 32.2. The fourth-order valence-corrected chi connectivity index (χ4v) is 1.87.